The Hall–Kier alpha value is -3.72. The maximum absolute atomic E-state index is 13.5. The number of nitrogens with one attached hydrogen (secondary N) is 1. The fourth-order valence-electron chi connectivity index (χ4n) is 3.89. The normalized spacial score (nSPS) is 17.4. The third-order valence-electron chi connectivity index (χ3n) is 5.38. The average Bonchev–Trinajstić information content (AvgIpc) is 3.19. The Morgan fingerprint density at radius 3 is 2.78 bits per heavy atom. The molecule has 0 aliphatic carbocycles. The van der Waals surface area contributed by atoms with Crippen molar-refractivity contribution in [2.24, 2.45) is 10.9 Å². The molecule has 0 fully saturated rings. The van der Waals surface area contributed by atoms with Crippen LogP contribution < -0.4 is 10.1 Å². The van der Waals surface area contributed by atoms with Crippen molar-refractivity contribution in [2.75, 3.05) is 19.0 Å². The smallest absolute Gasteiger partial charge is 0.248 e. The van der Waals surface area contributed by atoms with E-state index in [-0.39, 0.29) is 18.3 Å². The average molecular weight is 435 g/mol. The third kappa shape index (κ3) is 4.19. The molecule has 3 aromatic rings. The molecule has 0 bridgehead atoms. The van der Waals surface area contributed by atoms with E-state index >= 15 is 0 Å². The van der Waals surface area contributed by atoms with E-state index < -0.39 is 12.0 Å². The van der Waals surface area contributed by atoms with Gasteiger partial charge in [-0.1, -0.05) is 24.3 Å². The summed E-state index contributed by atoms with van der Waals surface area (Å²) in [4.78, 5) is 22.5. The fraction of sp³-hybridized carbons (Fsp3) is 0.304. The minimum atomic E-state index is -0.693. The number of aromatic nitrogens is 3. The highest BCUT2D eigenvalue weighted by atomic mass is 16.5. The van der Waals surface area contributed by atoms with E-state index in [0.29, 0.717) is 47.3 Å². The number of para-hydroxylation sites is 2. The van der Waals surface area contributed by atoms with Gasteiger partial charge in [0, 0.05) is 18.7 Å². The van der Waals surface area contributed by atoms with Crippen LogP contribution in [0.4, 0.5) is 11.6 Å². The van der Waals surface area contributed by atoms with E-state index in [4.69, 9.17) is 9.84 Å². The molecule has 3 N–H and O–H groups in total. The second kappa shape index (κ2) is 9.19. The van der Waals surface area contributed by atoms with E-state index in [1.54, 1.807) is 49.0 Å². The number of hydrogen-bond donors (Lipinski definition) is 3. The van der Waals surface area contributed by atoms with Crippen LogP contribution in [0.2, 0.25) is 0 Å². The summed E-state index contributed by atoms with van der Waals surface area (Å²) in [6.45, 7) is 1.82. The number of hydrogen-bond acceptors (Lipinski definition) is 7. The number of nitrogens with zero attached hydrogens (tertiary/aromatic N) is 4. The Morgan fingerprint density at radius 1 is 1.22 bits per heavy atom. The summed E-state index contributed by atoms with van der Waals surface area (Å²) in [6, 6.07) is 13.4. The quantitative estimate of drug-likeness (QED) is 0.525. The Bertz CT molecular complexity index is 1160. The number of phenols is 1. The predicted octanol–water partition coefficient (Wildman–Crippen LogP) is 2.87. The number of benzene rings is 2. The molecular formula is C23H25N5O4. The molecule has 4 rings (SSSR count). The summed E-state index contributed by atoms with van der Waals surface area (Å²) < 4.78 is 6.98. The first-order valence-electron chi connectivity index (χ1n) is 10.4. The van der Waals surface area contributed by atoms with Gasteiger partial charge in [0.25, 0.3) is 0 Å². The van der Waals surface area contributed by atoms with Crippen molar-refractivity contribution in [3.05, 3.63) is 59.9 Å². The van der Waals surface area contributed by atoms with Gasteiger partial charge in [-0.15, -0.1) is 0 Å². The van der Waals surface area contributed by atoms with Crippen LogP contribution >= 0.6 is 0 Å². The number of aryl methyl sites for hydroxylation is 1. The Labute approximate surface area is 185 Å². The van der Waals surface area contributed by atoms with Crippen LogP contribution in [-0.4, -0.2) is 50.3 Å². The number of carbonyl (C=O) groups excluding carboxylic acids is 1. The first-order valence-corrected chi connectivity index (χ1v) is 10.4. The number of phenolic OH excluding ortho intramolecular Hbond substituents is 1. The fourth-order valence-corrected chi connectivity index (χ4v) is 3.89. The van der Waals surface area contributed by atoms with Crippen LogP contribution in [0.15, 0.2) is 53.5 Å². The molecule has 9 nitrogen and oxygen atoms in total. The molecule has 0 saturated heterocycles. The number of aliphatic imine (C=N–C) groups is 1. The zero-order valence-electron chi connectivity index (χ0n) is 17.9. The molecule has 2 atom stereocenters. The second-order valence-electron chi connectivity index (χ2n) is 7.56. The first-order chi connectivity index (χ1) is 15.5. The van der Waals surface area contributed by atoms with Gasteiger partial charge in [-0.3, -0.25) is 4.79 Å². The third-order valence-corrected chi connectivity index (χ3v) is 5.38. The lowest BCUT2D eigenvalue weighted by molar-refractivity contribution is -0.118. The van der Waals surface area contributed by atoms with Crippen LogP contribution in [-0.2, 0) is 11.2 Å². The summed E-state index contributed by atoms with van der Waals surface area (Å²) in [5.74, 6) is 0.608. The minimum Gasteiger partial charge on any atom is -0.508 e. The van der Waals surface area contributed by atoms with Crippen molar-refractivity contribution < 1.29 is 19.7 Å². The molecule has 0 spiro atoms. The predicted molar refractivity (Wildman–Crippen MR) is 120 cm³/mol. The van der Waals surface area contributed by atoms with Crippen LogP contribution in [0.1, 0.15) is 30.8 Å². The van der Waals surface area contributed by atoms with Gasteiger partial charge in [0.05, 0.1) is 18.8 Å². The lowest BCUT2D eigenvalue weighted by atomic mass is 9.87. The van der Waals surface area contributed by atoms with Crippen molar-refractivity contribution in [2.45, 2.75) is 25.8 Å². The molecule has 1 aliphatic heterocycles. The number of ether oxygens (including phenoxy) is 1. The van der Waals surface area contributed by atoms with E-state index in [1.807, 2.05) is 18.2 Å². The first kappa shape index (κ1) is 21.5. The van der Waals surface area contributed by atoms with Gasteiger partial charge >= 0.3 is 0 Å². The summed E-state index contributed by atoms with van der Waals surface area (Å²) >= 11 is 0. The molecule has 2 heterocycles. The number of aromatic hydroxyl groups is 1. The largest absolute Gasteiger partial charge is 0.508 e. The number of amides is 1. The molecule has 0 radical (unpaired) electrons. The van der Waals surface area contributed by atoms with Crippen LogP contribution in [0.3, 0.4) is 0 Å². The van der Waals surface area contributed by atoms with E-state index in [1.165, 1.54) is 0 Å². The number of fused-ring (bicyclic) bond motifs is 1. The summed E-state index contributed by atoms with van der Waals surface area (Å²) in [5, 5.41) is 26.8. The monoisotopic (exact) mass is 435 g/mol. The van der Waals surface area contributed by atoms with Crippen LogP contribution in [0.25, 0.3) is 0 Å². The van der Waals surface area contributed by atoms with Gasteiger partial charge in [-0.25, -0.2) is 9.67 Å². The molecule has 1 aromatic heterocycles. The molecule has 1 amide bonds. The Morgan fingerprint density at radius 2 is 2.03 bits per heavy atom. The molecule has 2 aromatic carbocycles. The van der Waals surface area contributed by atoms with Gasteiger partial charge in [0.1, 0.15) is 17.4 Å². The highest BCUT2D eigenvalue weighted by Gasteiger charge is 2.39. The van der Waals surface area contributed by atoms with Gasteiger partial charge < -0.3 is 20.3 Å². The van der Waals surface area contributed by atoms with Crippen molar-refractivity contribution >= 4 is 23.3 Å². The Balaban J connectivity index is 1.76. The van der Waals surface area contributed by atoms with Crippen LogP contribution in [0, 0.1) is 5.92 Å². The molecular weight excluding hydrogens is 410 g/mol. The van der Waals surface area contributed by atoms with Crippen molar-refractivity contribution in [1.82, 2.24) is 14.8 Å². The SMILES string of the molecule is COc1ccccc1NC(=O)C1C(C)=Nc2nc(CCCO)nn2C1c1cccc(O)c1. The molecule has 32 heavy (non-hydrogen) atoms. The standard InChI is InChI=1S/C23H25N5O4/c1-14-20(22(31)25-17-9-3-4-10-18(17)32-2)21(15-7-5-8-16(30)13-15)28-23(24-14)26-19(27-28)11-6-12-29/h3-5,7-10,13,20-21,29-30H,6,11-12H2,1-2H3,(H,25,31). The zero-order chi connectivity index (χ0) is 22.7. The molecule has 1 aliphatic rings. The highest BCUT2D eigenvalue weighted by molar-refractivity contribution is 6.10. The van der Waals surface area contributed by atoms with Crippen molar-refractivity contribution in [1.29, 1.82) is 0 Å². The minimum absolute atomic E-state index is 0.0338. The highest BCUT2D eigenvalue weighted by Crippen LogP contribution is 2.37. The van der Waals surface area contributed by atoms with Crippen molar-refractivity contribution in [3.8, 4) is 11.5 Å². The lowest BCUT2D eigenvalue weighted by Crippen LogP contribution is -2.39. The number of carbonyl (C=O) groups is 1. The number of rotatable bonds is 7. The van der Waals surface area contributed by atoms with Gasteiger partial charge in [0.15, 0.2) is 5.82 Å². The second-order valence-corrected chi connectivity index (χ2v) is 7.56. The summed E-state index contributed by atoms with van der Waals surface area (Å²) in [5.41, 5.74) is 1.84. The number of aliphatic hydroxyl groups excluding tert-OH is 1. The topological polar surface area (TPSA) is 122 Å². The number of aliphatic hydroxyl groups is 1. The number of anilines is 1. The maximum atomic E-state index is 13.5. The van der Waals surface area contributed by atoms with Crippen molar-refractivity contribution in [3.63, 3.8) is 0 Å². The van der Waals surface area contributed by atoms with Gasteiger partial charge in [-0.05, 0) is 43.2 Å². The summed E-state index contributed by atoms with van der Waals surface area (Å²) in [7, 11) is 1.55. The molecule has 0 saturated carbocycles. The van der Waals surface area contributed by atoms with E-state index in [0.717, 1.165) is 0 Å². The maximum Gasteiger partial charge on any atom is 0.248 e. The van der Waals surface area contributed by atoms with E-state index in [2.05, 4.69) is 20.4 Å². The van der Waals surface area contributed by atoms with E-state index in [9.17, 15) is 9.90 Å². The Kier molecular flexibility index (Phi) is 6.18. The van der Waals surface area contributed by atoms with Gasteiger partial charge in [-0.2, -0.15) is 10.1 Å². The van der Waals surface area contributed by atoms with Crippen LogP contribution in [0.5, 0.6) is 11.5 Å². The molecule has 9 heteroatoms. The lowest BCUT2D eigenvalue weighted by Gasteiger charge is -2.30. The zero-order valence-corrected chi connectivity index (χ0v) is 17.9. The van der Waals surface area contributed by atoms with Gasteiger partial charge in [0.2, 0.25) is 11.9 Å². The molecule has 166 valence electrons. The summed E-state index contributed by atoms with van der Waals surface area (Å²) in [6.07, 6.45) is 1.02. The number of methoxy groups -OCH3 is 1. The molecule has 2 unspecified atom stereocenters.